The Morgan fingerprint density at radius 3 is 2.52 bits per heavy atom. The first kappa shape index (κ1) is 17.4. The SMILES string of the molecule is Cc1cccn2c(=O)cc(CN3CCN(C(=O)c4ccccc4)CC3)nc12. The number of nitrogens with zero attached hydrogens (tertiary/aromatic N) is 4. The first-order valence-electron chi connectivity index (χ1n) is 9.16. The largest absolute Gasteiger partial charge is 0.336 e. The zero-order valence-corrected chi connectivity index (χ0v) is 15.3. The van der Waals surface area contributed by atoms with Crippen molar-refractivity contribution >= 4 is 11.6 Å². The van der Waals surface area contributed by atoms with Gasteiger partial charge in [-0.1, -0.05) is 24.3 Å². The molecule has 27 heavy (non-hydrogen) atoms. The van der Waals surface area contributed by atoms with Crippen LogP contribution in [0.15, 0.2) is 59.5 Å². The third-order valence-electron chi connectivity index (χ3n) is 5.01. The fourth-order valence-electron chi connectivity index (χ4n) is 3.49. The Hall–Kier alpha value is -2.99. The number of fused-ring (bicyclic) bond motifs is 1. The summed E-state index contributed by atoms with van der Waals surface area (Å²) in [4.78, 5) is 33.7. The van der Waals surface area contributed by atoms with Crippen LogP contribution in [0.5, 0.6) is 0 Å². The molecule has 0 bridgehead atoms. The molecule has 0 radical (unpaired) electrons. The van der Waals surface area contributed by atoms with Crippen molar-refractivity contribution in [1.29, 1.82) is 0 Å². The van der Waals surface area contributed by atoms with E-state index in [-0.39, 0.29) is 11.5 Å². The van der Waals surface area contributed by atoms with E-state index in [0.717, 1.165) is 29.9 Å². The number of aromatic nitrogens is 2. The van der Waals surface area contributed by atoms with Crippen LogP contribution in [0.3, 0.4) is 0 Å². The first-order valence-corrected chi connectivity index (χ1v) is 9.16. The second-order valence-corrected chi connectivity index (χ2v) is 6.90. The maximum absolute atomic E-state index is 12.5. The van der Waals surface area contributed by atoms with E-state index in [2.05, 4.69) is 9.88 Å². The van der Waals surface area contributed by atoms with E-state index in [1.54, 1.807) is 16.7 Å². The molecule has 4 rings (SSSR count). The maximum atomic E-state index is 12.5. The number of carbonyl (C=O) groups excluding carboxylic acids is 1. The van der Waals surface area contributed by atoms with Crippen LogP contribution in [-0.2, 0) is 6.54 Å². The molecule has 2 aromatic heterocycles. The van der Waals surface area contributed by atoms with Crippen LogP contribution in [0.4, 0.5) is 0 Å². The van der Waals surface area contributed by atoms with Crippen LogP contribution in [-0.4, -0.2) is 51.3 Å². The van der Waals surface area contributed by atoms with Crippen molar-refractivity contribution < 1.29 is 4.79 Å². The van der Waals surface area contributed by atoms with E-state index in [9.17, 15) is 9.59 Å². The minimum absolute atomic E-state index is 0.0587. The van der Waals surface area contributed by atoms with E-state index in [4.69, 9.17) is 0 Å². The lowest BCUT2D eigenvalue weighted by Gasteiger charge is -2.34. The van der Waals surface area contributed by atoms with Crippen LogP contribution < -0.4 is 5.56 Å². The summed E-state index contributed by atoms with van der Waals surface area (Å²) in [6.07, 6.45) is 1.75. The van der Waals surface area contributed by atoms with E-state index in [0.29, 0.717) is 25.3 Å². The lowest BCUT2D eigenvalue weighted by molar-refractivity contribution is 0.0627. The number of carbonyl (C=O) groups is 1. The monoisotopic (exact) mass is 362 g/mol. The van der Waals surface area contributed by atoms with Crippen molar-refractivity contribution in [3.63, 3.8) is 0 Å². The van der Waals surface area contributed by atoms with Gasteiger partial charge in [-0.25, -0.2) is 4.98 Å². The van der Waals surface area contributed by atoms with Gasteiger partial charge in [-0.2, -0.15) is 0 Å². The molecule has 0 aliphatic carbocycles. The third-order valence-corrected chi connectivity index (χ3v) is 5.01. The fourth-order valence-corrected chi connectivity index (χ4v) is 3.49. The molecule has 138 valence electrons. The van der Waals surface area contributed by atoms with Gasteiger partial charge in [0.05, 0.1) is 5.69 Å². The topological polar surface area (TPSA) is 57.9 Å². The highest BCUT2D eigenvalue weighted by Gasteiger charge is 2.22. The summed E-state index contributed by atoms with van der Waals surface area (Å²) in [5.41, 5.74) is 3.13. The Bertz CT molecular complexity index is 1020. The summed E-state index contributed by atoms with van der Waals surface area (Å²) in [5, 5.41) is 0. The molecule has 0 unspecified atom stereocenters. The van der Waals surface area contributed by atoms with Gasteiger partial charge in [0.2, 0.25) is 0 Å². The molecule has 0 spiro atoms. The average Bonchev–Trinajstić information content (AvgIpc) is 2.70. The number of rotatable bonds is 3. The maximum Gasteiger partial charge on any atom is 0.258 e. The summed E-state index contributed by atoms with van der Waals surface area (Å²) in [7, 11) is 0. The van der Waals surface area contributed by atoms with Gasteiger partial charge < -0.3 is 4.90 Å². The minimum Gasteiger partial charge on any atom is -0.336 e. The molecular weight excluding hydrogens is 340 g/mol. The van der Waals surface area contributed by atoms with Crippen molar-refractivity contribution in [3.05, 3.63) is 81.9 Å². The van der Waals surface area contributed by atoms with Gasteiger partial charge in [-0.15, -0.1) is 0 Å². The average molecular weight is 362 g/mol. The van der Waals surface area contributed by atoms with Gasteiger partial charge in [-0.05, 0) is 30.7 Å². The molecule has 1 fully saturated rings. The van der Waals surface area contributed by atoms with Gasteiger partial charge in [0, 0.05) is 50.6 Å². The summed E-state index contributed by atoms with van der Waals surface area (Å²) in [6.45, 7) is 5.48. The number of hydrogen-bond donors (Lipinski definition) is 0. The van der Waals surface area contributed by atoms with Gasteiger partial charge >= 0.3 is 0 Å². The molecule has 6 nitrogen and oxygen atoms in total. The van der Waals surface area contributed by atoms with Gasteiger partial charge in [0.25, 0.3) is 11.5 Å². The second-order valence-electron chi connectivity index (χ2n) is 6.90. The molecule has 6 heteroatoms. The molecular formula is C21H22N4O2. The number of piperazine rings is 1. The van der Waals surface area contributed by atoms with E-state index in [1.807, 2.05) is 54.3 Å². The Morgan fingerprint density at radius 1 is 1.04 bits per heavy atom. The van der Waals surface area contributed by atoms with Crippen molar-refractivity contribution in [2.24, 2.45) is 0 Å². The predicted molar refractivity (Wildman–Crippen MR) is 104 cm³/mol. The van der Waals surface area contributed by atoms with Crippen molar-refractivity contribution in [2.75, 3.05) is 26.2 Å². The summed E-state index contributed by atoms with van der Waals surface area (Å²) in [5.74, 6) is 0.0768. The molecule has 0 saturated carbocycles. The summed E-state index contributed by atoms with van der Waals surface area (Å²) >= 11 is 0. The molecule has 1 aliphatic heterocycles. The van der Waals surface area contributed by atoms with Gasteiger partial charge in [-0.3, -0.25) is 18.9 Å². The summed E-state index contributed by atoms with van der Waals surface area (Å²) < 4.78 is 1.58. The number of hydrogen-bond acceptors (Lipinski definition) is 4. The molecule has 0 atom stereocenters. The normalized spacial score (nSPS) is 15.2. The van der Waals surface area contributed by atoms with Crippen LogP contribution >= 0.6 is 0 Å². The number of pyridine rings is 1. The Labute approximate surface area is 157 Å². The summed E-state index contributed by atoms with van der Waals surface area (Å²) in [6, 6.07) is 14.8. The molecule has 3 aromatic rings. The van der Waals surface area contributed by atoms with E-state index < -0.39 is 0 Å². The van der Waals surface area contributed by atoms with E-state index in [1.165, 1.54) is 0 Å². The number of amides is 1. The first-order chi connectivity index (χ1) is 13.1. The zero-order valence-electron chi connectivity index (χ0n) is 15.3. The number of benzene rings is 1. The Morgan fingerprint density at radius 2 is 1.78 bits per heavy atom. The quantitative estimate of drug-likeness (QED) is 0.715. The van der Waals surface area contributed by atoms with Gasteiger partial charge in [0.1, 0.15) is 5.65 Å². The molecule has 1 amide bonds. The second kappa shape index (κ2) is 7.32. The highest BCUT2D eigenvalue weighted by atomic mass is 16.2. The Kier molecular flexibility index (Phi) is 4.73. The van der Waals surface area contributed by atoms with Crippen molar-refractivity contribution in [2.45, 2.75) is 13.5 Å². The predicted octanol–water partition coefficient (Wildman–Crippen LogP) is 1.96. The molecule has 0 N–H and O–H groups in total. The molecule has 3 heterocycles. The highest BCUT2D eigenvalue weighted by Crippen LogP contribution is 2.12. The van der Waals surface area contributed by atoms with Crippen molar-refractivity contribution in [1.82, 2.24) is 19.2 Å². The lowest BCUT2D eigenvalue weighted by Crippen LogP contribution is -2.48. The number of aryl methyl sites for hydroxylation is 1. The smallest absolute Gasteiger partial charge is 0.258 e. The molecule has 1 aromatic carbocycles. The van der Waals surface area contributed by atoms with Crippen LogP contribution in [0.2, 0.25) is 0 Å². The lowest BCUT2D eigenvalue weighted by atomic mass is 10.2. The van der Waals surface area contributed by atoms with E-state index >= 15 is 0 Å². The standard InChI is InChI=1S/C21H22N4O2/c1-16-6-5-9-25-19(26)14-18(22-20(16)25)15-23-10-12-24(13-11-23)21(27)17-7-3-2-4-8-17/h2-9,14H,10-13,15H2,1H3. The van der Waals surface area contributed by atoms with Crippen molar-refractivity contribution in [3.8, 4) is 0 Å². The third kappa shape index (κ3) is 3.61. The molecule has 1 saturated heterocycles. The van der Waals surface area contributed by atoms with Crippen LogP contribution in [0, 0.1) is 6.92 Å². The minimum atomic E-state index is -0.0587. The highest BCUT2D eigenvalue weighted by molar-refractivity contribution is 5.94. The fraction of sp³-hybridized carbons (Fsp3) is 0.286. The Balaban J connectivity index is 1.44. The zero-order chi connectivity index (χ0) is 18.8. The van der Waals surface area contributed by atoms with Gasteiger partial charge in [0.15, 0.2) is 0 Å². The molecule has 1 aliphatic rings. The van der Waals surface area contributed by atoms with Crippen LogP contribution in [0.25, 0.3) is 5.65 Å². The van der Waals surface area contributed by atoms with Crippen LogP contribution in [0.1, 0.15) is 21.6 Å².